The first kappa shape index (κ1) is 14.0. The molecular formula is C13H22INO. The van der Waals surface area contributed by atoms with Crippen LogP contribution in [0.2, 0.25) is 0 Å². The summed E-state index contributed by atoms with van der Waals surface area (Å²) in [6, 6.07) is 0. The predicted octanol–water partition coefficient (Wildman–Crippen LogP) is 3.45. The van der Waals surface area contributed by atoms with Crippen molar-refractivity contribution in [3.8, 4) is 0 Å². The summed E-state index contributed by atoms with van der Waals surface area (Å²) >= 11 is 2.36. The van der Waals surface area contributed by atoms with Gasteiger partial charge in [-0.25, -0.2) is 0 Å². The molecule has 92 valence electrons. The van der Waals surface area contributed by atoms with E-state index in [-0.39, 0.29) is 5.91 Å². The van der Waals surface area contributed by atoms with Gasteiger partial charge < -0.3 is 5.32 Å². The van der Waals surface area contributed by atoms with Crippen LogP contribution in [0.25, 0.3) is 0 Å². The van der Waals surface area contributed by atoms with Gasteiger partial charge in [-0.2, -0.15) is 0 Å². The first-order valence-corrected chi connectivity index (χ1v) is 7.86. The smallest absolute Gasteiger partial charge is 0.243 e. The van der Waals surface area contributed by atoms with E-state index in [0.29, 0.717) is 0 Å². The standard InChI is InChI=1S/C13H22INO/c14-10-6-2-5-9-13(16)15-11-12-7-3-1-4-8-12/h5,9,12H,1-4,6-8,10-11H2,(H,15,16). The number of carbonyl (C=O) groups excluding carboxylic acids is 1. The minimum Gasteiger partial charge on any atom is -0.352 e. The second-order valence-corrected chi connectivity index (χ2v) is 5.56. The average molecular weight is 335 g/mol. The highest BCUT2D eigenvalue weighted by molar-refractivity contribution is 14.1. The van der Waals surface area contributed by atoms with Crippen LogP contribution < -0.4 is 5.32 Å². The number of nitrogens with one attached hydrogen (secondary N) is 1. The van der Waals surface area contributed by atoms with Crippen molar-refractivity contribution >= 4 is 28.5 Å². The molecule has 0 radical (unpaired) electrons. The Balaban J connectivity index is 2.06. The van der Waals surface area contributed by atoms with Gasteiger partial charge in [0, 0.05) is 6.54 Å². The Bertz CT molecular complexity index is 222. The number of allylic oxidation sites excluding steroid dienone is 1. The van der Waals surface area contributed by atoms with Crippen LogP contribution in [0.15, 0.2) is 12.2 Å². The van der Waals surface area contributed by atoms with E-state index >= 15 is 0 Å². The highest BCUT2D eigenvalue weighted by Crippen LogP contribution is 2.22. The third-order valence-electron chi connectivity index (χ3n) is 3.06. The van der Waals surface area contributed by atoms with Crippen LogP contribution in [-0.2, 0) is 4.79 Å². The molecule has 0 aliphatic heterocycles. The molecule has 3 heteroatoms. The number of rotatable bonds is 6. The Morgan fingerprint density at radius 1 is 1.31 bits per heavy atom. The fourth-order valence-corrected chi connectivity index (χ4v) is 2.52. The summed E-state index contributed by atoms with van der Waals surface area (Å²) in [5.41, 5.74) is 0. The topological polar surface area (TPSA) is 29.1 Å². The van der Waals surface area contributed by atoms with Crippen molar-refractivity contribution in [2.24, 2.45) is 5.92 Å². The molecule has 16 heavy (non-hydrogen) atoms. The molecule has 1 saturated carbocycles. The molecule has 0 atom stereocenters. The minimum atomic E-state index is 0.0824. The van der Waals surface area contributed by atoms with Gasteiger partial charge in [0.25, 0.3) is 0 Å². The van der Waals surface area contributed by atoms with E-state index < -0.39 is 0 Å². The first-order chi connectivity index (χ1) is 7.83. The molecule has 0 saturated heterocycles. The maximum Gasteiger partial charge on any atom is 0.243 e. The van der Waals surface area contributed by atoms with E-state index in [1.165, 1.54) is 32.1 Å². The van der Waals surface area contributed by atoms with Gasteiger partial charge in [0.2, 0.25) is 5.91 Å². The lowest BCUT2D eigenvalue weighted by Crippen LogP contribution is -2.28. The van der Waals surface area contributed by atoms with Gasteiger partial charge >= 0.3 is 0 Å². The first-order valence-electron chi connectivity index (χ1n) is 6.33. The summed E-state index contributed by atoms with van der Waals surface area (Å²) < 4.78 is 1.16. The lowest BCUT2D eigenvalue weighted by molar-refractivity contribution is -0.116. The van der Waals surface area contributed by atoms with E-state index in [4.69, 9.17) is 0 Å². The normalized spacial score (nSPS) is 17.8. The molecule has 0 unspecified atom stereocenters. The zero-order valence-corrected chi connectivity index (χ0v) is 12.0. The van der Waals surface area contributed by atoms with E-state index in [0.717, 1.165) is 29.7 Å². The molecule has 1 N–H and O–H groups in total. The lowest BCUT2D eigenvalue weighted by Gasteiger charge is -2.21. The van der Waals surface area contributed by atoms with Crippen LogP contribution in [0.3, 0.4) is 0 Å². The molecule has 0 heterocycles. The third kappa shape index (κ3) is 6.51. The fraction of sp³-hybridized carbons (Fsp3) is 0.769. The molecule has 1 aliphatic carbocycles. The van der Waals surface area contributed by atoms with Crippen molar-refractivity contribution in [2.75, 3.05) is 11.0 Å². The van der Waals surface area contributed by atoms with Gasteiger partial charge in [0.05, 0.1) is 0 Å². The molecule has 1 amide bonds. The fourth-order valence-electron chi connectivity index (χ4n) is 2.08. The summed E-state index contributed by atoms with van der Waals surface area (Å²) in [6.07, 6.45) is 12.5. The Labute approximate surface area is 112 Å². The molecule has 1 rings (SSSR count). The van der Waals surface area contributed by atoms with E-state index in [9.17, 15) is 4.79 Å². The van der Waals surface area contributed by atoms with Gasteiger partial charge in [0.1, 0.15) is 0 Å². The van der Waals surface area contributed by atoms with E-state index in [1.54, 1.807) is 6.08 Å². The quantitative estimate of drug-likeness (QED) is 0.343. The molecule has 0 bridgehead atoms. The monoisotopic (exact) mass is 335 g/mol. The summed E-state index contributed by atoms with van der Waals surface area (Å²) in [7, 11) is 0. The summed E-state index contributed by atoms with van der Waals surface area (Å²) in [5.74, 6) is 0.805. The zero-order valence-electron chi connectivity index (χ0n) is 9.88. The third-order valence-corrected chi connectivity index (χ3v) is 3.83. The highest BCUT2D eigenvalue weighted by atomic mass is 127. The van der Waals surface area contributed by atoms with Gasteiger partial charge in [-0.05, 0) is 42.1 Å². The molecule has 1 fully saturated rings. The number of hydrogen-bond acceptors (Lipinski definition) is 1. The molecule has 0 aromatic rings. The highest BCUT2D eigenvalue weighted by Gasteiger charge is 2.13. The van der Waals surface area contributed by atoms with E-state index in [2.05, 4.69) is 27.9 Å². The number of carbonyl (C=O) groups is 1. The van der Waals surface area contributed by atoms with Gasteiger partial charge in [-0.3, -0.25) is 4.79 Å². The molecule has 0 aromatic carbocycles. The van der Waals surface area contributed by atoms with E-state index in [1.807, 2.05) is 6.08 Å². The Morgan fingerprint density at radius 2 is 2.06 bits per heavy atom. The van der Waals surface area contributed by atoms with Crippen molar-refractivity contribution in [3.05, 3.63) is 12.2 Å². The number of amides is 1. The van der Waals surface area contributed by atoms with Crippen molar-refractivity contribution in [3.63, 3.8) is 0 Å². The van der Waals surface area contributed by atoms with Gasteiger partial charge in [0.15, 0.2) is 0 Å². The number of alkyl halides is 1. The average Bonchev–Trinajstić information content (AvgIpc) is 2.33. The van der Waals surface area contributed by atoms with Crippen molar-refractivity contribution in [1.29, 1.82) is 0 Å². The molecule has 1 aliphatic rings. The van der Waals surface area contributed by atoms with Crippen molar-refractivity contribution in [2.45, 2.75) is 44.9 Å². The lowest BCUT2D eigenvalue weighted by atomic mass is 9.89. The summed E-state index contributed by atoms with van der Waals surface area (Å²) in [5, 5.41) is 3.00. The van der Waals surface area contributed by atoms with Crippen LogP contribution >= 0.6 is 22.6 Å². The van der Waals surface area contributed by atoms with Crippen LogP contribution in [0.5, 0.6) is 0 Å². The van der Waals surface area contributed by atoms with Crippen LogP contribution in [-0.4, -0.2) is 16.9 Å². The second kappa shape index (κ2) is 9.02. The SMILES string of the molecule is O=C(C=CCCCI)NCC1CCCCC1. The zero-order chi connectivity index (χ0) is 11.6. The number of halogens is 1. The molecular weight excluding hydrogens is 313 g/mol. The molecule has 0 aromatic heterocycles. The predicted molar refractivity (Wildman–Crippen MR) is 76.8 cm³/mol. The Kier molecular flexibility index (Phi) is 7.89. The molecule has 2 nitrogen and oxygen atoms in total. The maximum absolute atomic E-state index is 11.4. The van der Waals surface area contributed by atoms with Crippen molar-refractivity contribution < 1.29 is 4.79 Å². The van der Waals surface area contributed by atoms with Crippen LogP contribution in [0.1, 0.15) is 44.9 Å². The van der Waals surface area contributed by atoms with Gasteiger partial charge in [-0.15, -0.1) is 0 Å². The Hall–Kier alpha value is -0.0600. The minimum absolute atomic E-state index is 0.0824. The second-order valence-electron chi connectivity index (χ2n) is 4.48. The summed E-state index contributed by atoms with van der Waals surface area (Å²) in [6.45, 7) is 0.870. The maximum atomic E-state index is 11.4. The van der Waals surface area contributed by atoms with Gasteiger partial charge in [-0.1, -0.05) is 47.9 Å². The number of hydrogen-bond donors (Lipinski definition) is 1. The van der Waals surface area contributed by atoms with Crippen molar-refractivity contribution in [1.82, 2.24) is 5.32 Å². The Morgan fingerprint density at radius 3 is 2.75 bits per heavy atom. The number of unbranched alkanes of at least 4 members (excludes halogenated alkanes) is 1. The van der Waals surface area contributed by atoms with Crippen LogP contribution in [0.4, 0.5) is 0 Å². The van der Waals surface area contributed by atoms with Crippen LogP contribution in [0, 0.1) is 5.92 Å². The summed E-state index contributed by atoms with van der Waals surface area (Å²) in [4.78, 5) is 11.4. The molecule has 0 spiro atoms. The largest absolute Gasteiger partial charge is 0.352 e.